The minimum absolute atomic E-state index is 0.714. The summed E-state index contributed by atoms with van der Waals surface area (Å²) in [7, 11) is 0. The zero-order valence-electron chi connectivity index (χ0n) is 8.88. The maximum Gasteiger partial charge on any atom is 0.234 e. The average Bonchev–Trinajstić information content (AvgIpc) is 2.85. The normalized spacial score (nSPS) is 11.2. The molecule has 0 atom stereocenters. The molecular weight excluding hydrogens is 302 g/mol. The van der Waals surface area contributed by atoms with E-state index in [0.717, 1.165) is 25.8 Å². The molecule has 0 aliphatic heterocycles. The number of aromatic nitrogens is 4. The van der Waals surface area contributed by atoms with Crippen molar-refractivity contribution in [2.75, 3.05) is 5.73 Å². The Kier molecular flexibility index (Phi) is 2.37. The Morgan fingerprint density at radius 1 is 1.35 bits per heavy atom. The van der Waals surface area contributed by atoms with Crippen LogP contribution >= 0.6 is 27.3 Å². The number of halogens is 1. The molecule has 0 radical (unpaired) electrons. The summed E-state index contributed by atoms with van der Waals surface area (Å²) in [6, 6.07) is 5.66. The molecule has 86 valence electrons. The molecule has 2 heterocycles. The van der Waals surface area contributed by atoms with Gasteiger partial charge in [0.25, 0.3) is 0 Å². The number of rotatable bonds is 1. The highest BCUT2D eigenvalue weighted by molar-refractivity contribution is 9.10. The van der Waals surface area contributed by atoms with Gasteiger partial charge in [-0.15, -0.1) is 10.2 Å². The first-order chi connectivity index (χ1) is 8.15. The van der Waals surface area contributed by atoms with E-state index in [2.05, 4.69) is 31.2 Å². The Morgan fingerprint density at radius 2 is 2.18 bits per heavy atom. The highest BCUT2D eigenvalue weighted by Gasteiger charge is 2.12. The van der Waals surface area contributed by atoms with Crippen molar-refractivity contribution >= 4 is 37.9 Å². The number of benzene rings is 1. The van der Waals surface area contributed by atoms with E-state index in [1.54, 1.807) is 4.52 Å². The van der Waals surface area contributed by atoms with Gasteiger partial charge in [0.05, 0.1) is 0 Å². The van der Waals surface area contributed by atoms with Crippen molar-refractivity contribution in [3.63, 3.8) is 0 Å². The van der Waals surface area contributed by atoms with Crippen LogP contribution in [0.15, 0.2) is 22.7 Å². The molecule has 3 aromatic rings. The van der Waals surface area contributed by atoms with E-state index >= 15 is 0 Å². The van der Waals surface area contributed by atoms with E-state index < -0.39 is 0 Å². The second-order valence-electron chi connectivity index (χ2n) is 3.59. The Labute approximate surface area is 109 Å². The van der Waals surface area contributed by atoms with Gasteiger partial charge in [0.2, 0.25) is 4.96 Å². The first-order valence-electron chi connectivity index (χ1n) is 4.89. The molecule has 3 rings (SSSR count). The van der Waals surface area contributed by atoms with Crippen molar-refractivity contribution in [1.29, 1.82) is 0 Å². The smallest absolute Gasteiger partial charge is 0.234 e. The van der Waals surface area contributed by atoms with Crippen molar-refractivity contribution in [3.05, 3.63) is 28.5 Å². The highest BCUT2D eigenvalue weighted by atomic mass is 79.9. The maximum atomic E-state index is 5.79. The minimum atomic E-state index is 0.714. The van der Waals surface area contributed by atoms with Gasteiger partial charge in [0.15, 0.2) is 5.82 Å². The predicted octanol–water partition coefficient (Wildman–Crippen LogP) is 2.51. The van der Waals surface area contributed by atoms with Crippen LogP contribution in [0.5, 0.6) is 0 Å². The quantitative estimate of drug-likeness (QED) is 0.701. The topological polar surface area (TPSA) is 69.1 Å². The molecule has 0 saturated heterocycles. The standard InChI is InChI=1S/C10H8BrN5S/c1-5-13-14-10-16(5)15-9(17-10)7-4-6(12)2-3-8(7)11/h2-4H,12H2,1H3. The predicted molar refractivity (Wildman–Crippen MR) is 70.9 cm³/mol. The first-order valence-corrected chi connectivity index (χ1v) is 6.50. The van der Waals surface area contributed by atoms with Gasteiger partial charge in [0, 0.05) is 15.7 Å². The Balaban J connectivity index is 2.23. The van der Waals surface area contributed by atoms with Crippen LogP contribution in [-0.2, 0) is 0 Å². The fraction of sp³-hybridized carbons (Fsp3) is 0.100. The van der Waals surface area contributed by atoms with E-state index in [1.165, 1.54) is 11.3 Å². The Hall–Kier alpha value is -1.47. The monoisotopic (exact) mass is 309 g/mol. The summed E-state index contributed by atoms with van der Waals surface area (Å²) >= 11 is 4.98. The summed E-state index contributed by atoms with van der Waals surface area (Å²) in [5.41, 5.74) is 7.47. The van der Waals surface area contributed by atoms with Crippen LogP contribution in [0, 0.1) is 6.92 Å². The molecule has 0 aliphatic carbocycles. The zero-order valence-corrected chi connectivity index (χ0v) is 11.3. The van der Waals surface area contributed by atoms with E-state index in [-0.39, 0.29) is 0 Å². The number of nitrogens with two attached hydrogens (primary N) is 1. The number of nitrogens with zero attached hydrogens (tertiary/aromatic N) is 4. The lowest BCUT2D eigenvalue weighted by atomic mass is 10.2. The van der Waals surface area contributed by atoms with Gasteiger partial charge in [-0.1, -0.05) is 27.3 Å². The lowest BCUT2D eigenvalue weighted by Crippen LogP contribution is -1.90. The van der Waals surface area contributed by atoms with Gasteiger partial charge in [-0.2, -0.15) is 9.61 Å². The second kappa shape index (κ2) is 3.78. The highest BCUT2D eigenvalue weighted by Crippen LogP contribution is 2.32. The second-order valence-corrected chi connectivity index (χ2v) is 5.40. The van der Waals surface area contributed by atoms with Gasteiger partial charge in [0.1, 0.15) is 5.01 Å². The minimum Gasteiger partial charge on any atom is -0.399 e. The third kappa shape index (κ3) is 1.71. The number of anilines is 1. The van der Waals surface area contributed by atoms with Crippen LogP contribution < -0.4 is 5.73 Å². The van der Waals surface area contributed by atoms with Crippen molar-refractivity contribution in [1.82, 2.24) is 19.8 Å². The molecule has 0 amide bonds. The number of aryl methyl sites for hydroxylation is 1. The average molecular weight is 310 g/mol. The summed E-state index contributed by atoms with van der Waals surface area (Å²) in [4.78, 5) is 0.784. The molecule has 0 saturated carbocycles. The van der Waals surface area contributed by atoms with E-state index in [9.17, 15) is 0 Å². The van der Waals surface area contributed by atoms with Crippen molar-refractivity contribution < 1.29 is 0 Å². The Morgan fingerprint density at radius 3 is 2.94 bits per heavy atom. The largest absolute Gasteiger partial charge is 0.399 e. The number of hydrogen-bond donors (Lipinski definition) is 1. The van der Waals surface area contributed by atoms with Crippen LogP contribution in [-0.4, -0.2) is 19.8 Å². The molecule has 5 nitrogen and oxygen atoms in total. The molecule has 0 spiro atoms. The molecule has 0 aliphatic rings. The molecule has 2 N–H and O–H groups in total. The van der Waals surface area contributed by atoms with Crippen LogP contribution in [0.2, 0.25) is 0 Å². The van der Waals surface area contributed by atoms with Gasteiger partial charge in [-0.05, 0) is 25.1 Å². The van der Waals surface area contributed by atoms with Gasteiger partial charge in [-0.25, -0.2) is 0 Å². The SMILES string of the molecule is Cc1nnc2sc(-c3cc(N)ccc3Br)nn12. The molecule has 7 heteroatoms. The van der Waals surface area contributed by atoms with Gasteiger partial charge < -0.3 is 5.73 Å². The summed E-state index contributed by atoms with van der Waals surface area (Å²) in [6.07, 6.45) is 0. The van der Waals surface area contributed by atoms with Crippen molar-refractivity contribution in [3.8, 4) is 10.6 Å². The molecular formula is C10H8BrN5S. The van der Waals surface area contributed by atoms with E-state index in [0.29, 0.717) is 5.69 Å². The fourth-order valence-electron chi connectivity index (χ4n) is 1.53. The molecule has 0 fully saturated rings. The van der Waals surface area contributed by atoms with Crippen LogP contribution in [0.3, 0.4) is 0 Å². The molecule has 0 unspecified atom stereocenters. The van der Waals surface area contributed by atoms with E-state index in [1.807, 2.05) is 25.1 Å². The molecule has 1 aromatic carbocycles. The number of fused-ring (bicyclic) bond motifs is 1. The summed E-state index contributed by atoms with van der Waals surface area (Å²) < 4.78 is 2.70. The summed E-state index contributed by atoms with van der Waals surface area (Å²) in [5, 5.41) is 13.3. The molecule has 2 aromatic heterocycles. The molecule has 17 heavy (non-hydrogen) atoms. The first kappa shape index (κ1) is 10.7. The number of hydrogen-bond acceptors (Lipinski definition) is 5. The van der Waals surface area contributed by atoms with Crippen molar-refractivity contribution in [2.24, 2.45) is 0 Å². The van der Waals surface area contributed by atoms with Crippen molar-refractivity contribution in [2.45, 2.75) is 6.92 Å². The fourth-order valence-corrected chi connectivity index (χ4v) is 3.01. The number of nitrogen functional groups attached to an aromatic ring is 1. The summed E-state index contributed by atoms with van der Waals surface area (Å²) in [6.45, 7) is 1.87. The Bertz CT molecular complexity index is 702. The lowest BCUT2D eigenvalue weighted by Gasteiger charge is -2.01. The van der Waals surface area contributed by atoms with E-state index in [4.69, 9.17) is 5.73 Å². The third-order valence-electron chi connectivity index (χ3n) is 2.37. The maximum absolute atomic E-state index is 5.79. The van der Waals surface area contributed by atoms with Gasteiger partial charge >= 0.3 is 0 Å². The summed E-state index contributed by atoms with van der Waals surface area (Å²) in [5.74, 6) is 0.780. The van der Waals surface area contributed by atoms with Crippen LogP contribution in [0.25, 0.3) is 15.5 Å². The molecule has 0 bridgehead atoms. The van der Waals surface area contributed by atoms with Gasteiger partial charge in [-0.3, -0.25) is 0 Å². The third-order valence-corrected chi connectivity index (χ3v) is 3.99. The zero-order chi connectivity index (χ0) is 12.0. The van der Waals surface area contributed by atoms with Crippen LogP contribution in [0.4, 0.5) is 5.69 Å². The van der Waals surface area contributed by atoms with Crippen LogP contribution in [0.1, 0.15) is 5.82 Å². The lowest BCUT2D eigenvalue weighted by molar-refractivity contribution is 0.897.